The molecular weight excluding hydrogens is 527 g/mol. The fourth-order valence-electron chi connectivity index (χ4n) is 3.99. The third-order valence-corrected chi connectivity index (χ3v) is 7.45. The molecule has 1 aromatic heterocycles. The van der Waals surface area contributed by atoms with Crippen LogP contribution in [0.4, 0.5) is 5.13 Å². The number of carbonyl (C=O) groups excluding carboxylic acids is 3. The van der Waals surface area contributed by atoms with Gasteiger partial charge in [0.1, 0.15) is 16.4 Å². The Morgan fingerprint density at radius 1 is 1.11 bits per heavy atom. The molecule has 2 heterocycles. The maximum Gasteiger partial charge on any atom is 0.350 e. The van der Waals surface area contributed by atoms with E-state index in [1.165, 1.54) is 20.3 Å². The molecule has 36 heavy (non-hydrogen) atoms. The highest BCUT2D eigenvalue weighted by Gasteiger charge is 2.49. The summed E-state index contributed by atoms with van der Waals surface area (Å²) in [7, 11) is 2.75. The molecule has 1 aliphatic heterocycles. The number of aryl methyl sites for hydroxylation is 2. The van der Waals surface area contributed by atoms with Crippen LogP contribution < -0.4 is 9.64 Å². The predicted molar refractivity (Wildman–Crippen MR) is 137 cm³/mol. The molecule has 186 valence electrons. The quantitative estimate of drug-likeness (QED) is 0.195. The van der Waals surface area contributed by atoms with Gasteiger partial charge in [0.05, 0.1) is 31.5 Å². The molecule has 3 aromatic rings. The van der Waals surface area contributed by atoms with Crippen LogP contribution in [-0.2, 0) is 14.3 Å². The van der Waals surface area contributed by atoms with E-state index in [-0.39, 0.29) is 26.4 Å². The minimum absolute atomic E-state index is 0.0801. The molecule has 4 rings (SSSR count). The van der Waals surface area contributed by atoms with E-state index in [0.717, 1.165) is 16.2 Å². The lowest BCUT2D eigenvalue weighted by molar-refractivity contribution is -0.132. The molecule has 0 radical (unpaired) electrons. The average molecular weight is 547 g/mol. The molecule has 2 aromatic carbocycles. The molecule has 1 fully saturated rings. The molecule has 1 atom stereocenters. The van der Waals surface area contributed by atoms with Crippen molar-refractivity contribution in [2.24, 2.45) is 0 Å². The van der Waals surface area contributed by atoms with Gasteiger partial charge in [-0.2, -0.15) is 0 Å². The first-order valence-corrected chi connectivity index (χ1v) is 12.1. The summed E-state index contributed by atoms with van der Waals surface area (Å²) in [6, 6.07) is 8.41. The normalized spacial score (nSPS) is 16.9. The van der Waals surface area contributed by atoms with Gasteiger partial charge in [0.25, 0.3) is 5.78 Å². The van der Waals surface area contributed by atoms with Gasteiger partial charge in [0.15, 0.2) is 5.13 Å². The van der Waals surface area contributed by atoms with Crippen molar-refractivity contribution in [1.29, 1.82) is 0 Å². The van der Waals surface area contributed by atoms with Crippen LogP contribution >= 0.6 is 34.5 Å². The Hall–Kier alpha value is -3.40. The van der Waals surface area contributed by atoms with Crippen LogP contribution in [0.25, 0.3) is 5.76 Å². The van der Waals surface area contributed by atoms with Crippen molar-refractivity contribution in [1.82, 2.24) is 4.98 Å². The number of amides is 1. The van der Waals surface area contributed by atoms with Gasteiger partial charge in [-0.3, -0.25) is 14.5 Å². The number of ether oxygens (including phenoxy) is 2. The van der Waals surface area contributed by atoms with Gasteiger partial charge in [-0.25, -0.2) is 9.78 Å². The minimum Gasteiger partial charge on any atom is -0.507 e. The second kappa shape index (κ2) is 9.93. The Labute approximate surface area is 220 Å². The number of aliphatic hydroxyl groups is 1. The van der Waals surface area contributed by atoms with E-state index in [9.17, 15) is 19.5 Å². The zero-order valence-electron chi connectivity index (χ0n) is 19.6. The number of thiazole rings is 1. The van der Waals surface area contributed by atoms with Gasteiger partial charge in [-0.05, 0) is 55.3 Å². The number of hydrogen-bond donors (Lipinski definition) is 1. The largest absolute Gasteiger partial charge is 0.507 e. The monoisotopic (exact) mass is 546 g/mol. The molecular formula is C25H20Cl2N2O6S. The first kappa shape index (κ1) is 25.7. The van der Waals surface area contributed by atoms with Gasteiger partial charge >= 0.3 is 11.9 Å². The predicted octanol–water partition coefficient (Wildman–Crippen LogP) is 5.49. The van der Waals surface area contributed by atoms with Crippen LogP contribution in [0.1, 0.15) is 38.1 Å². The van der Waals surface area contributed by atoms with E-state index in [1.807, 2.05) is 0 Å². The van der Waals surface area contributed by atoms with Crippen LogP contribution in [0.3, 0.4) is 0 Å². The van der Waals surface area contributed by atoms with Crippen molar-refractivity contribution >= 4 is 63.1 Å². The molecule has 0 spiro atoms. The van der Waals surface area contributed by atoms with E-state index in [1.54, 1.807) is 44.2 Å². The number of hydrogen-bond acceptors (Lipinski definition) is 8. The molecule has 11 heteroatoms. The molecule has 0 unspecified atom stereocenters. The van der Waals surface area contributed by atoms with Crippen LogP contribution in [0.15, 0.2) is 42.0 Å². The van der Waals surface area contributed by atoms with Crippen LogP contribution in [0, 0.1) is 13.8 Å². The number of anilines is 1. The molecule has 1 N–H and O–H groups in total. The Balaban J connectivity index is 1.98. The van der Waals surface area contributed by atoms with Crippen LogP contribution in [0.2, 0.25) is 10.0 Å². The van der Waals surface area contributed by atoms with Gasteiger partial charge in [0, 0.05) is 15.6 Å². The van der Waals surface area contributed by atoms with Gasteiger partial charge in [-0.15, -0.1) is 0 Å². The lowest BCUT2D eigenvalue weighted by Crippen LogP contribution is -2.29. The third-order valence-electron chi connectivity index (χ3n) is 5.75. The van der Waals surface area contributed by atoms with Gasteiger partial charge < -0.3 is 14.6 Å². The summed E-state index contributed by atoms with van der Waals surface area (Å²) in [5.41, 5.74) is 1.47. The lowest BCUT2D eigenvalue weighted by Gasteiger charge is -2.24. The van der Waals surface area contributed by atoms with Crippen molar-refractivity contribution in [3.05, 3.63) is 79.3 Å². The number of aliphatic hydroxyl groups excluding tert-OH is 1. The zero-order chi connectivity index (χ0) is 26.3. The first-order valence-electron chi connectivity index (χ1n) is 10.6. The Bertz CT molecular complexity index is 1450. The Morgan fingerprint density at radius 3 is 2.44 bits per heavy atom. The summed E-state index contributed by atoms with van der Waals surface area (Å²) >= 11 is 13.5. The van der Waals surface area contributed by atoms with Crippen LogP contribution in [-0.4, -0.2) is 42.0 Å². The topological polar surface area (TPSA) is 106 Å². The summed E-state index contributed by atoms with van der Waals surface area (Å²) in [4.78, 5) is 44.6. The van der Waals surface area contributed by atoms with Crippen molar-refractivity contribution in [3.63, 3.8) is 0 Å². The number of rotatable bonds is 5. The fourth-order valence-corrected chi connectivity index (χ4v) is 5.51. The maximum atomic E-state index is 13.4. The summed E-state index contributed by atoms with van der Waals surface area (Å²) in [5.74, 6) is -2.29. The van der Waals surface area contributed by atoms with E-state index in [4.69, 9.17) is 32.7 Å². The highest BCUT2D eigenvalue weighted by atomic mass is 35.5. The van der Waals surface area contributed by atoms with Crippen molar-refractivity contribution in [3.8, 4) is 5.75 Å². The van der Waals surface area contributed by atoms with E-state index in [2.05, 4.69) is 4.98 Å². The highest BCUT2D eigenvalue weighted by molar-refractivity contribution is 7.17. The van der Waals surface area contributed by atoms with Crippen molar-refractivity contribution in [2.75, 3.05) is 19.1 Å². The van der Waals surface area contributed by atoms with Gasteiger partial charge in [-0.1, -0.05) is 40.6 Å². The number of methoxy groups -OCH3 is 2. The molecule has 1 aliphatic rings. The molecule has 8 nitrogen and oxygen atoms in total. The molecule has 0 aliphatic carbocycles. The number of halogens is 2. The number of esters is 1. The smallest absolute Gasteiger partial charge is 0.350 e. The van der Waals surface area contributed by atoms with Gasteiger partial charge in [0.2, 0.25) is 0 Å². The minimum atomic E-state index is -1.13. The first-order chi connectivity index (χ1) is 17.1. The van der Waals surface area contributed by atoms with Crippen LogP contribution in [0.5, 0.6) is 5.75 Å². The molecule has 1 amide bonds. The number of carbonyl (C=O) groups is 3. The summed E-state index contributed by atoms with van der Waals surface area (Å²) in [6.07, 6.45) is 0. The third kappa shape index (κ3) is 4.34. The second-order valence-electron chi connectivity index (χ2n) is 7.92. The summed E-state index contributed by atoms with van der Waals surface area (Å²) in [6.45, 7) is 3.33. The molecule has 0 saturated carbocycles. The average Bonchev–Trinajstić information content (AvgIpc) is 3.34. The Kier molecular flexibility index (Phi) is 7.08. The SMILES string of the molecule is COC(=O)c1sc(N2C(=O)C(=O)/C(=C(/O)c3ccc(OC)cc3C)[C@@H]2c2ccc(Cl)cc2Cl)nc1C. The number of Topliss-reactive ketones (excluding diaryl/α,β-unsaturated/α-hetero) is 1. The van der Waals surface area contributed by atoms with Crippen molar-refractivity contribution < 1.29 is 29.0 Å². The van der Waals surface area contributed by atoms with E-state index < -0.39 is 23.7 Å². The summed E-state index contributed by atoms with van der Waals surface area (Å²) in [5, 5.41) is 12.0. The molecule has 0 bridgehead atoms. The fraction of sp³-hybridized carbons (Fsp3) is 0.200. The zero-order valence-corrected chi connectivity index (χ0v) is 21.9. The maximum absolute atomic E-state index is 13.4. The number of nitrogens with zero attached hydrogens (tertiary/aromatic N) is 2. The highest BCUT2D eigenvalue weighted by Crippen LogP contribution is 2.46. The number of ketones is 1. The Morgan fingerprint density at radius 2 is 1.83 bits per heavy atom. The molecule has 1 saturated heterocycles. The second-order valence-corrected chi connectivity index (χ2v) is 9.74. The lowest BCUT2D eigenvalue weighted by atomic mass is 9.94. The standard InChI is InChI=1S/C25H20Cl2N2O6S/c1-11-9-14(34-3)6-8-15(11)20(30)18-19(16-7-5-13(26)10-17(16)27)29(23(32)21(18)31)25-28-12(2)22(36-25)24(33)35-4/h5-10,19,30H,1-4H3/b20-18+/t19-/m0/s1. The van der Waals surface area contributed by atoms with E-state index in [0.29, 0.717) is 33.2 Å². The summed E-state index contributed by atoms with van der Waals surface area (Å²) < 4.78 is 10.0. The van der Waals surface area contributed by atoms with E-state index >= 15 is 0 Å². The number of benzene rings is 2. The van der Waals surface area contributed by atoms with Crippen molar-refractivity contribution in [2.45, 2.75) is 19.9 Å². The number of aromatic nitrogens is 1.